The molecule has 1 aliphatic carbocycles. The molecule has 5 nitrogen and oxygen atoms in total. The molecule has 1 aliphatic rings. The molecule has 146 valence electrons. The van der Waals surface area contributed by atoms with Crippen molar-refractivity contribution in [3.8, 4) is 11.3 Å². The van der Waals surface area contributed by atoms with Gasteiger partial charge in [0.1, 0.15) is 11.6 Å². The Hall–Kier alpha value is -2.70. The first-order valence-corrected chi connectivity index (χ1v) is 9.55. The van der Waals surface area contributed by atoms with Crippen molar-refractivity contribution in [2.45, 2.75) is 51.9 Å². The maximum atomic E-state index is 14.3. The van der Waals surface area contributed by atoms with Crippen molar-refractivity contribution >= 4 is 0 Å². The highest BCUT2D eigenvalue weighted by molar-refractivity contribution is 5.61. The van der Waals surface area contributed by atoms with Crippen LogP contribution in [-0.2, 0) is 6.42 Å². The van der Waals surface area contributed by atoms with Crippen LogP contribution in [0.3, 0.4) is 0 Å². The van der Waals surface area contributed by atoms with Crippen molar-refractivity contribution in [1.82, 2.24) is 20.3 Å². The van der Waals surface area contributed by atoms with Gasteiger partial charge in [0.15, 0.2) is 5.82 Å². The van der Waals surface area contributed by atoms with Crippen LogP contribution >= 0.6 is 0 Å². The van der Waals surface area contributed by atoms with E-state index in [-0.39, 0.29) is 23.1 Å². The van der Waals surface area contributed by atoms with Crippen LogP contribution in [0.15, 0.2) is 28.8 Å². The third-order valence-corrected chi connectivity index (χ3v) is 5.48. The van der Waals surface area contributed by atoms with E-state index in [1.54, 1.807) is 13.0 Å². The van der Waals surface area contributed by atoms with Crippen LogP contribution in [0.2, 0.25) is 0 Å². The van der Waals surface area contributed by atoms with Crippen molar-refractivity contribution in [2.75, 3.05) is 0 Å². The number of aryl methyl sites for hydroxylation is 1. The monoisotopic (exact) mass is 384 g/mol. The van der Waals surface area contributed by atoms with E-state index in [9.17, 15) is 8.78 Å². The molecule has 0 radical (unpaired) electrons. The number of fused-ring (bicyclic) bond motifs is 1. The predicted octanol–water partition coefficient (Wildman–Crippen LogP) is 4.97. The van der Waals surface area contributed by atoms with E-state index in [2.05, 4.69) is 34.2 Å². The van der Waals surface area contributed by atoms with E-state index in [1.165, 1.54) is 18.2 Å². The van der Waals surface area contributed by atoms with Crippen LogP contribution in [0.25, 0.3) is 11.3 Å². The average Bonchev–Trinajstić information content (AvgIpc) is 3.06. The largest absolute Gasteiger partial charge is 0.339 e. The Kier molecular flexibility index (Phi) is 4.91. The molecular weight excluding hydrogens is 362 g/mol. The quantitative estimate of drug-likeness (QED) is 0.635. The molecule has 1 aromatic carbocycles. The van der Waals surface area contributed by atoms with Crippen LogP contribution in [0, 0.1) is 24.5 Å². The molecular formula is C21H22F2N4O. The van der Waals surface area contributed by atoms with Gasteiger partial charge in [0, 0.05) is 12.3 Å². The van der Waals surface area contributed by atoms with Crippen LogP contribution in [-0.4, -0.2) is 20.3 Å². The standard InChI is InChI=1S/C21H22F2N4O/c1-11(2)14-8-7-13(9-19-24-12(3)27-28-19)21-15(14)10-18(25-26-21)20-16(22)5-4-6-17(20)23/h4-6,10-11,13-14H,7-9H2,1-3H3. The predicted molar refractivity (Wildman–Crippen MR) is 99.7 cm³/mol. The summed E-state index contributed by atoms with van der Waals surface area (Å²) >= 11 is 0. The van der Waals surface area contributed by atoms with E-state index in [0.717, 1.165) is 24.1 Å². The van der Waals surface area contributed by atoms with E-state index in [1.807, 2.05) is 0 Å². The summed E-state index contributed by atoms with van der Waals surface area (Å²) in [6.07, 6.45) is 2.48. The zero-order valence-corrected chi connectivity index (χ0v) is 16.1. The van der Waals surface area contributed by atoms with Gasteiger partial charge in [-0.05, 0) is 55.4 Å². The van der Waals surface area contributed by atoms with E-state index in [0.29, 0.717) is 24.1 Å². The molecule has 0 saturated carbocycles. The fraction of sp³-hybridized carbons (Fsp3) is 0.429. The highest BCUT2D eigenvalue weighted by Gasteiger charge is 2.32. The van der Waals surface area contributed by atoms with Gasteiger partial charge >= 0.3 is 0 Å². The van der Waals surface area contributed by atoms with Crippen molar-refractivity contribution in [1.29, 1.82) is 0 Å². The molecule has 0 amide bonds. The first kappa shape index (κ1) is 18.7. The molecule has 2 unspecified atom stereocenters. The third-order valence-electron chi connectivity index (χ3n) is 5.48. The summed E-state index contributed by atoms with van der Waals surface area (Å²) in [7, 11) is 0. The summed E-state index contributed by atoms with van der Waals surface area (Å²) in [6.45, 7) is 6.09. The van der Waals surface area contributed by atoms with E-state index < -0.39 is 11.6 Å². The van der Waals surface area contributed by atoms with Crippen molar-refractivity contribution in [2.24, 2.45) is 5.92 Å². The van der Waals surface area contributed by atoms with Crippen LogP contribution in [0.5, 0.6) is 0 Å². The van der Waals surface area contributed by atoms with Gasteiger partial charge in [-0.15, -0.1) is 0 Å². The number of halogens is 2. The van der Waals surface area contributed by atoms with Crippen LogP contribution < -0.4 is 0 Å². The lowest BCUT2D eigenvalue weighted by Crippen LogP contribution is -2.22. The Morgan fingerprint density at radius 1 is 1.14 bits per heavy atom. The van der Waals surface area contributed by atoms with Gasteiger partial charge < -0.3 is 4.52 Å². The fourth-order valence-electron chi connectivity index (χ4n) is 4.09. The topological polar surface area (TPSA) is 64.7 Å². The Bertz CT molecular complexity index is 982. The molecule has 28 heavy (non-hydrogen) atoms. The lowest BCUT2D eigenvalue weighted by atomic mass is 9.74. The number of aromatic nitrogens is 4. The summed E-state index contributed by atoms with van der Waals surface area (Å²) in [6, 6.07) is 5.62. The van der Waals surface area contributed by atoms with Gasteiger partial charge in [0.05, 0.1) is 17.0 Å². The van der Waals surface area contributed by atoms with Crippen molar-refractivity contribution < 1.29 is 13.3 Å². The highest BCUT2D eigenvalue weighted by Crippen LogP contribution is 2.43. The SMILES string of the molecule is Cc1noc(CC2CCC(C(C)C)c3cc(-c4c(F)cccc4F)nnc32)n1. The maximum absolute atomic E-state index is 14.3. The summed E-state index contributed by atoms with van der Waals surface area (Å²) < 4.78 is 33.8. The van der Waals surface area contributed by atoms with E-state index in [4.69, 9.17) is 4.52 Å². The Morgan fingerprint density at radius 3 is 2.54 bits per heavy atom. The summed E-state index contributed by atoms with van der Waals surface area (Å²) in [4.78, 5) is 4.30. The molecule has 7 heteroatoms. The molecule has 3 aromatic rings. The number of hydrogen-bond acceptors (Lipinski definition) is 5. The third kappa shape index (κ3) is 3.41. The molecule has 2 heterocycles. The first-order chi connectivity index (χ1) is 13.4. The van der Waals surface area contributed by atoms with Gasteiger partial charge in [0.25, 0.3) is 0 Å². The zero-order chi connectivity index (χ0) is 19.8. The number of nitrogens with zero attached hydrogens (tertiary/aromatic N) is 4. The Balaban J connectivity index is 1.77. The van der Waals surface area contributed by atoms with Gasteiger partial charge in [-0.1, -0.05) is 25.1 Å². The van der Waals surface area contributed by atoms with Gasteiger partial charge in [0.2, 0.25) is 5.89 Å². The lowest BCUT2D eigenvalue weighted by molar-refractivity contribution is 0.341. The average molecular weight is 384 g/mol. The summed E-state index contributed by atoms with van der Waals surface area (Å²) in [5.41, 5.74) is 1.97. The van der Waals surface area contributed by atoms with Gasteiger partial charge in [-0.2, -0.15) is 15.2 Å². The number of hydrogen-bond donors (Lipinski definition) is 0. The number of benzene rings is 1. The second kappa shape index (κ2) is 7.37. The van der Waals surface area contributed by atoms with Crippen LogP contribution in [0.4, 0.5) is 8.78 Å². The highest BCUT2D eigenvalue weighted by atomic mass is 19.1. The minimum absolute atomic E-state index is 0.0943. The van der Waals surface area contributed by atoms with Crippen molar-refractivity contribution in [3.63, 3.8) is 0 Å². The maximum Gasteiger partial charge on any atom is 0.227 e. The Labute approximate surface area is 162 Å². The summed E-state index contributed by atoms with van der Waals surface area (Å²) in [5.74, 6) is 0.641. The van der Waals surface area contributed by atoms with Gasteiger partial charge in [-0.25, -0.2) is 8.78 Å². The molecule has 4 rings (SSSR count). The minimum Gasteiger partial charge on any atom is -0.339 e. The molecule has 0 aliphatic heterocycles. The minimum atomic E-state index is -0.635. The molecule has 2 atom stereocenters. The number of rotatable bonds is 4. The van der Waals surface area contributed by atoms with Crippen LogP contribution in [0.1, 0.15) is 61.5 Å². The van der Waals surface area contributed by atoms with E-state index >= 15 is 0 Å². The second-order valence-corrected chi connectivity index (χ2v) is 7.73. The first-order valence-electron chi connectivity index (χ1n) is 9.55. The van der Waals surface area contributed by atoms with Crippen molar-refractivity contribution in [3.05, 3.63) is 58.9 Å². The molecule has 0 bridgehead atoms. The molecule has 2 aromatic heterocycles. The zero-order valence-electron chi connectivity index (χ0n) is 16.1. The normalized spacial score (nSPS) is 19.1. The molecule has 0 N–H and O–H groups in total. The molecule has 0 fully saturated rings. The van der Waals surface area contributed by atoms with Gasteiger partial charge in [-0.3, -0.25) is 0 Å². The summed E-state index contributed by atoms with van der Waals surface area (Å²) in [5, 5.41) is 12.4. The second-order valence-electron chi connectivity index (χ2n) is 7.73. The molecule has 0 spiro atoms. The lowest BCUT2D eigenvalue weighted by Gasteiger charge is -2.32. The Morgan fingerprint density at radius 2 is 1.89 bits per heavy atom. The molecule has 0 saturated heterocycles. The smallest absolute Gasteiger partial charge is 0.227 e. The fourth-order valence-corrected chi connectivity index (χ4v) is 4.09.